The van der Waals surface area contributed by atoms with Gasteiger partial charge in [-0.2, -0.15) is 0 Å². The number of carbonyl (C=O) groups is 1. The normalized spacial score (nSPS) is 10.6. The first kappa shape index (κ1) is 16.1. The summed E-state index contributed by atoms with van der Waals surface area (Å²) in [6.45, 7) is 0. The van der Waals surface area contributed by atoms with E-state index in [0.717, 1.165) is 21.0 Å². The number of benzene rings is 3. The molecule has 3 aromatic carbocycles. The third kappa shape index (κ3) is 3.36. The van der Waals surface area contributed by atoms with Crippen LogP contribution in [0.15, 0.2) is 72.8 Å². The van der Waals surface area contributed by atoms with Crippen molar-refractivity contribution in [2.24, 2.45) is 0 Å². The number of aromatic nitrogens is 1. The molecule has 0 atom stereocenters. The molecule has 1 aromatic heterocycles. The van der Waals surface area contributed by atoms with E-state index in [1.807, 2.05) is 48.5 Å². The molecule has 128 valence electrons. The highest BCUT2D eigenvalue weighted by Gasteiger charge is 2.12. The number of nitrogens with zero attached hydrogens (tertiary/aromatic N) is 1. The van der Waals surface area contributed by atoms with Gasteiger partial charge in [-0.05, 0) is 42.5 Å². The SMILES string of the molecule is Nc1cccc(C(=O)Nc2cccc3sc(Nc4ccccc4)nc23)c1. The largest absolute Gasteiger partial charge is 0.399 e. The minimum Gasteiger partial charge on any atom is -0.399 e. The van der Waals surface area contributed by atoms with E-state index in [-0.39, 0.29) is 5.91 Å². The Bertz CT molecular complexity index is 1080. The molecule has 0 spiro atoms. The number of fused-ring (bicyclic) bond motifs is 1. The van der Waals surface area contributed by atoms with Crippen molar-refractivity contribution < 1.29 is 4.79 Å². The molecule has 1 heterocycles. The minimum atomic E-state index is -0.213. The smallest absolute Gasteiger partial charge is 0.255 e. The molecule has 0 bridgehead atoms. The van der Waals surface area contributed by atoms with Crippen LogP contribution in [0.1, 0.15) is 10.4 Å². The molecule has 4 N–H and O–H groups in total. The van der Waals surface area contributed by atoms with Crippen LogP contribution in [0.25, 0.3) is 10.2 Å². The number of thiazole rings is 1. The van der Waals surface area contributed by atoms with E-state index < -0.39 is 0 Å². The number of rotatable bonds is 4. The molecule has 0 aliphatic carbocycles. The van der Waals surface area contributed by atoms with Crippen LogP contribution in [0.5, 0.6) is 0 Å². The first-order valence-corrected chi connectivity index (χ1v) is 8.89. The number of hydrogen-bond acceptors (Lipinski definition) is 5. The van der Waals surface area contributed by atoms with Crippen LogP contribution in [0.3, 0.4) is 0 Å². The minimum absolute atomic E-state index is 0.213. The molecular formula is C20H16N4OS. The van der Waals surface area contributed by atoms with Gasteiger partial charge in [0.1, 0.15) is 5.52 Å². The summed E-state index contributed by atoms with van der Waals surface area (Å²) in [7, 11) is 0. The molecule has 0 unspecified atom stereocenters. The van der Waals surface area contributed by atoms with Gasteiger partial charge in [0.15, 0.2) is 5.13 Å². The fourth-order valence-electron chi connectivity index (χ4n) is 2.62. The van der Waals surface area contributed by atoms with Crippen molar-refractivity contribution in [3.05, 3.63) is 78.4 Å². The molecule has 6 heteroatoms. The standard InChI is InChI=1S/C20H16N4OS/c21-14-7-4-6-13(12-14)19(25)23-16-10-5-11-17-18(16)24-20(26-17)22-15-8-2-1-3-9-15/h1-12H,21H2,(H,22,24)(H,23,25). The molecule has 0 fully saturated rings. The monoisotopic (exact) mass is 360 g/mol. The number of nitrogen functional groups attached to an aromatic ring is 1. The fourth-order valence-corrected chi connectivity index (χ4v) is 3.54. The van der Waals surface area contributed by atoms with Crippen molar-refractivity contribution in [3.63, 3.8) is 0 Å². The summed E-state index contributed by atoms with van der Waals surface area (Å²) < 4.78 is 0.994. The van der Waals surface area contributed by atoms with E-state index in [1.165, 1.54) is 11.3 Å². The third-order valence-electron chi connectivity index (χ3n) is 3.84. The van der Waals surface area contributed by atoms with Crippen LogP contribution in [0.2, 0.25) is 0 Å². The molecule has 4 rings (SSSR count). The molecule has 0 radical (unpaired) electrons. The molecule has 5 nitrogen and oxygen atoms in total. The van der Waals surface area contributed by atoms with E-state index in [1.54, 1.807) is 24.3 Å². The van der Waals surface area contributed by atoms with Gasteiger partial charge < -0.3 is 16.4 Å². The van der Waals surface area contributed by atoms with Crippen LogP contribution in [-0.2, 0) is 0 Å². The maximum absolute atomic E-state index is 12.5. The van der Waals surface area contributed by atoms with Crippen molar-refractivity contribution in [3.8, 4) is 0 Å². The zero-order valence-electron chi connectivity index (χ0n) is 13.8. The summed E-state index contributed by atoms with van der Waals surface area (Å²) >= 11 is 1.54. The van der Waals surface area contributed by atoms with Crippen molar-refractivity contribution in [2.75, 3.05) is 16.4 Å². The molecule has 26 heavy (non-hydrogen) atoms. The second-order valence-electron chi connectivity index (χ2n) is 5.74. The first-order chi connectivity index (χ1) is 12.7. The van der Waals surface area contributed by atoms with Gasteiger partial charge in [0.05, 0.1) is 10.4 Å². The molecule has 1 amide bonds. The summed E-state index contributed by atoms with van der Waals surface area (Å²) in [6.07, 6.45) is 0. The third-order valence-corrected chi connectivity index (χ3v) is 4.78. The van der Waals surface area contributed by atoms with Gasteiger partial charge in [-0.25, -0.2) is 4.98 Å². The molecular weight excluding hydrogens is 344 g/mol. The number of nitrogens with two attached hydrogens (primary N) is 1. The van der Waals surface area contributed by atoms with E-state index in [0.29, 0.717) is 16.9 Å². The van der Waals surface area contributed by atoms with Crippen LogP contribution in [0, 0.1) is 0 Å². The second-order valence-corrected chi connectivity index (χ2v) is 6.77. The Labute approximate surface area is 154 Å². The van der Waals surface area contributed by atoms with Crippen LogP contribution in [0.4, 0.5) is 22.2 Å². The Kier molecular flexibility index (Phi) is 4.25. The highest BCUT2D eigenvalue weighted by molar-refractivity contribution is 7.22. The average Bonchev–Trinajstić information content (AvgIpc) is 3.06. The molecule has 4 aromatic rings. The maximum Gasteiger partial charge on any atom is 0.255 e. The number of para-hydroxylation sites is 2. The van der Waals surface area contributed by atoms with E-state index in [2.05, 4.69) is 15.6 Å². The van der Waals surface area contributed by atoms with E-state index in [4.69, 9.17) is 5.73 Å². The zero-order valence-corrected chi connectivity index (χ0v) is 14.6. The van der Waals surface area contributed by atoms with Crippen molar-refractivity contribution >= 4 is 49.7 Å². The Morgan fingerprint density at radius 2 is 1.77 bits per heavy atom. The first-order valence-electron chi connectivity index (χ1n) is 8.07. The Morgan fingerprint density at radius 1 is 0.962 bits per heavy atom. The van der Waals surface area contributed by atoms with Gasteiger partial charge >= 0.3 is 0 Å². The van der Waals surface area contributed by atoms with Crippen LogP contribution in [-0.4, -0.2) is 10.9 Å². The van der Waals surface area contributed by atoms with Crippen LogP contribution >= 0.6 is 11.3 Å². The van der Waals surface area contributed by atoms with E-state index in [9.17, 15) is 4.79 Å². The van der Waals surface area contributed by atoms with Gasteiger partial charge in [0.25, 0.3) is 5.91 Å². The lowest BCUT2D eigenvalue weighted by Crippen LogP contribution is -2.12. The van der Waals surface area contributed by atoms with E-state index >= 15 is 0 Å². The number of nitrogens with one attached hydrogen (secondary N) is 2. The lowest BCUT2D eigenvalue weighted by molar-refractivity contribution is 0.102. The maximum atomic E-state index is 12.5. The Hall–Kier alpha value is -3.38. The number of hydrogen-bond donors (Lipinski definition) is 3. The highest BCUT2D eigenvalue weighted by Crippen LogP contribution is 2.32. The summed E-state index contributed by atoms with van der Waals surface area (Å²) in [5.41, 5.74) is 9.23. The van der Waals surface area contributed by atoms with Crippen molar-refractivity contribution in [1.29, 1.82) is 0 Å². The summed E-state index contributed by atoms with van der Waals surface area (Å²) in [5, 5.41) is 6.99. The van der Waals surface area contributed by atoms with Gasteiger partial charge in [-0.15, -0.1) is 0 Å². The predicted molar refractivity (Wildman–Crippen MR) is 108 cm³/mol. The summed E-state index contributed by atoms with van der Waals surface area (Å²) in [4.78, 5) is 17.1. The van der Waals surface area contributed by atoms with Gasteiger partial charge in [0.2, 0.25) is 0 Å². The zero-order chi connectivity index (χ0) is 17.9. The van der Waals surface area contributed by atoms with Gasteiger partial charge in [0, 0.05) is 16.9 Å². The molecule has 0 saturated heterocycles. The number of carbonyl (C=O) groups excluding carboxylic acids is 1. The highest BCUT2D eigenvalue weighted by atomic mass is 32.1. The van der Waals surface area contributed by atoms with Crippen molar-refractivity contribution in [2.45, 2.75) is 0 Å². The Balaban J connectivity index is 1.62. The fraction of sp³-hybridized carbons (Fsp3) is 0. The molecule has 0 saturated carbocycles. The van der Waals surface area contributed by atoms with Crippen molar-refractivity contribution in [1.82, 2.24) is 4.98 Å². The average molecular weight is 360 g/mol. The summed E-state index contributed by atoms with van der Waals surface area (Å²) in [5.74, 6) is -0.213. The summed E-state index contributed by atoms with van der Waals surface area (Å²) in [6, 6.07) is 22.5. The molecule has 0 aliphatic rings. The topological polar surface area (TPSA) is 80.0 Å². The van der Waals surface area contributed by atoms with Gasteiger partial charge in [-0.3, -0.25) is 4.79 Å². The lowest BCUT2D eigenvalue weighted by Gasteiger charge is -2.06. The number of amides is 1. The lowest BCUT2D eigenvalue weighted by atomic mass is 10.2. The second kappa shape index (κ2) is 6.85. The quantitative estimate of drug-likeness (QED) is 0.453. The molecule has 0 aliphatic heterocycles. The Morgan fingerprint density at radius 3 is 2.58 bits per heavy atom. The van der Waals surface area contributed by atoms with Crippen LogP contribution < -0.4 is 16.4 Å². The predicted octanol–water partition coefficient (Wildman–Crippen LogP) is 4.87. The van der Waals surface area contributed by atoms with Gasteiger partial charge in [-0.1, -0.05) is 41.7 Å². The number of anilines is 4.